The van der Waals surface area contributed by atoms with E-state index in [4.69, 9.17) is 9.84 Å². The van der Waals surface area contributed by atoms with Crippen LogP contribution in [-0.2, 0) is 0 Å². The Bertz CT molecular complexity index is 529. The molecule has 0 bridgehead atoms. The van der Waals surface area contributed by atoms with Gasteiger partial charge in [0.15, 0.2) is 0 Å². The molecule has 1 fully saturated rings. The third-order valence-electron chi connectivity index (χ3n) is 3.13. The van der Waals surface area contributed by atoms with Gasteiger partial charge in [-0.3, -0.25) is 10.1 Å². The summed E-state index contributed by atoms with van der Waals surface area (Å²) in [7, 11) is 0. The summed E-state index contributed by atoms with van der Waals surface area (Å²) in [6.07, 6.45) is -0.174. The SMILES string of the molecule is O=C(O)N1CCC(Oc2ccc([N+](=O)[O-])c(F)c2)CC1. The van der Waals surface area contributed by atoms with E-state index in [0.29, 0.717) is 25.9 Å². The van der Waals surface area contributed by atoms with E-state index < -0.39 is 22.5 Å². The number of hydrogen-bond donors (Lipinski definition) is 1. The maximum Gasteiger partial charge on any atom is 0.407 e. The number of piperidine rings is 1. The first-order chi connectivity index (χ1) is 9.47. The fourth-order valence-electron chi connectivity index (χ4n) is 2.07. The van der Waals surface area contributed by atoms with Crippen molar-refractivity contribution in [1.29, 1.82) is 0 Å². The van der Waals surface area contributed by atoms with Crippen molar-refractivity contribution in [2.45, 2.75) is 18.9 Å². The zero-order chi connectivity index (χ0) is 14.7. The zero-order valence-electron chi connectivity index (χ0n) is 10.5. The number of ether oxygens (including phenoxy) is 1. The molecule has 0 spiro atoms. The Labute approximate surface area is 113 Å². The van der Waals surface area contributed by atoms with Gasteiger partial charge in [0.25, 0.3) is 0 Å². The van der Waals surface area contributed by atoms with E-state index >= 15 is 0 Å². The number of amides is 1. The summed E-state index contributed by atoms with van der Waals surface area (Å²) in [5.74, 6) is -0.739. The molecule has 0 radical (unpaired) electrons. The number of hydrogen-bond acceptors (Lipinski definition) is 4. The molecule has 1 aromatic rings. The van der Waals surface area contributed by atoms with Crippen LogP contribution >= 0.6 is 0 Å². The van der Waals surface area contributed by atoms with Crippen molar-refractivity contribution in [2.75, 3.05) is 13.1 Å². The van der Waals surface area contributed by atoms with Crippen molar-refractivity contribution in [3.63, 3.8) is 0 Å². The van der Waals surface area contributed by atoms with Gasteiger partial charge in [-0.25, -0.2) is 4.79 Å². The summed E-state index contributed by atoms with van der Waals surface area (Å²) in [4.78, 5) is 21.7. The number of nitrogens with zero attached hydrogens (tertiary/aromatic N) is 2. The minimum atomic E-state index is -0.968. The summed E-state index contributed by atoms with van der Waals surface area (Å²) < 4.78 is 18.9. The Balaban J connectivity index is 1.96. The number of nitro groups is 1. The number of rotatable bonds is 3. The number of nitro benzene ring substituents is 1. The first-order valence-electron chi connectivity index (χ1n) is 6.06. The highest BCUT2D eigenvalue weighted by molar-refractivity contribution is 5.65. The van der Waals surface area contributed by atoms with Crippen LogP contribution in [0.4, 0.5) is 14.9 Å². The lowest BCUT2D eigenvalue weighted by Gasteiger charge is -2.30. The predicted molar refractivity (Wildman–Crippen MR) is 66.3 cm³/mol. The van der Waals surface area contributed by atoms with Gasteiger partial charge in [0.05, 0.1) is 4.92 Å². The molecule has 0 unspecified atom stereocenters. The Morgan fingerprint density at radius 2 is 2.10 bits per heavy atom. The fourth-order valence-corrected chi connectivity index (χ4v) is 2.07. The van der Waals surface area contributed by atoms with Crippen molar-refractivity contribution < 1.29 is 24.0 Å². The molecule has 1 saturated heterocycles. The van der Waals surface area contributed by atoms with Gasteiger partial charge < -0.3 is 14.7 Å². The summed E-state index contributed by atoms with van der Waals surface area (Å²) in [6.45, 7) is 0.713. The van der Waals surface area contributed by atoms with E-state index in [1.54, 1.807) is 0 Å². The van der Waals surface area contributed by atoms with Gasteiger partial charge in [0.1, 0.15) is 11.9 Å². The lowest BCUT2D eigenvalue weighted by Crippen LogP contribution is -2.41. The molecule has 0 aromatic heterocycles. The van der Waals surface area contributed by atoms with Crippen LogP contribution in [0.25, 0.3) is 0 Å². The number of benzene rings is 1. The standard InChI is InChI=1S/C12H13FN2O5/c13-10-7-9(1-2-11(10)15(18)19)20-8-3-5-14(6-4-8)12(16)17/h1-2,7-8H,3-6H2,(H,16,17). The van der Waals surface area contributed by atoms with Crippen molar-refractivity contribution >= 4 is 11.8 Å². The van der Waals surface area contributed by atoms with Crippen LogP contribution in [0.5, 0.6) is 5.75 Å². The largest absolute Gasteiger partial charge is 0.490 e. The second-order valence-corrected chi connectivity index (χ2v) is 4.46. The number of likely N-dealkylation sites (tertiary alicyclic amines) is 1. The molecule has 0 atom stereocenters. The number of carbonyl (C=O) groups is 1. The van der Waals surface area contributed by atoms with E-state index in [9.17, 15) is 19.3 Å². The maximum absolute atomic E-state index is 13.4. The molecule has 1 heterocycles. The molecule has 1 N–H and O–H groups in total. The van der Waals surface area contributed by atoms with Crippen LogP contribution in [0.1, 0.15) is 12.8 Å². The topological polar surface area (TPSA) is 92.9 Å². The number of halogens is 1. The maximum atomic E-state index is 13.4. The molecule has 1 amide bonds. The molecule has 2 rings (SSSR count). The minimum absolute atomic E-state index is 0.210. The van der Waals surface area contributed by atoms with E-state index in [-0.39, 0.29) is 11.9 Å². The minimum Gasteiger partial charge on any atom is -0.490 e. The lowest BCUT2D eigenvalue weighted by molar-refractivity contribution is -0.387. The molecule has 20 heavy (non-hydrogen) atoms. The van der Waals surface area contributed by atoms with Crippen molar-refractivity contribution in [3.05, 3.63) is 34.1 Å². The molecule has 1 aromatic carbocycles. The first-order valence-corrected chi connectivity index (χ1v) is 6.06. The molecule has 1 aliphatic heterocycles. The second kappa shape index (κ2) is 5.72. The Morgan fingerprint density at radius 3 is 2.60 bits per heavy atom. The third kappa shape index (κ3) is 3.14. The quantitative estimate of drug-likeness (QED) is 0.678. The Hall–Kier alpha value is -2.38. The molecular weight excluding hydrogens is 271 g/mol. The zero-order valence-corrected chi connectivity index (χ0v) is 10.5. The second-order valence-electron chi connectivity index (χ2n) is 4.46. The van der Waals surface area contributed by atoms with Gasteiger partial charge in [0, 0.05) is 38.1 Å². The predicted octanol–water partition coefficient (Wildman–Crippen LogP) is 2.26. The van der Waals surface area contributed by atoms with Crippen LogP contribution in [-0.4, -0.2) is 40.2 Å². The fraction of sp³-hybridized carbons (Fsp3) is 0.417. The van der Waals surface area contributed by atoms with Gasteiger partial charge in [-0.15, -0.1) is 0 Å². The van der Waals surface area contributed by atoms with E-state index in [1.165, 1.54) is 11.0 Å². The normalized spacial score (nSPS) is 15.9. The monoisotopic (exact) mass is 284 g/mol. The van der Waals surface area contributed by atoms with Crippen molar-refractivity contribution in [2.24, 2.45) is 0 Å². The van der Waals surface area contributed by atoms with E-state index in [0.717, 1.165) is 12.1 Å². The average molecular weight is 284 g/mol. The molecule has 108 valence electrons. The molecule has 7 nitrogen and oxygen atoms in total. The van der Waals surface area contributed by atoms with Crippen molar-refractivity contribution in [1.82, 2.24) is 4.90 Å². The summed E-state index contributed by atoms with van der Waals surface area (Å²) in [5.41, 5.74) is -0.599. The first kappa shape index (κ1) is 14.0. The third-order valence-corrected chi connectivity index (χ3v) is 3.13. The highest BCUT2D eigenvalue weighted by atomic mass is 19.1. The van der Waals surface area contributed by atoms with E-state index in [2.05, 4.69) is 0 Å². The van der Waals surface area contributed by atoms with E-state index in [1.807, 2.05) is 0 Å². The smallest absolute Gasteiger partial charge is 0.407 e. The summed E-state index contributed by atoms with van der Waals surface area (Å²) in [5, 5.41) is 19.3. The highest BCUT2D eigenvalue weighted by Crippen LogP contribution is 2.25. The molecular formula is C12H13FN2O5. The average Bonchev–Trinajstić information content (AvgIpc) is 2.39. The van der Waals surface area contributed by atoms with Crippen LogP contribution in [0.2, 0.25) is 0 Å². The van der Waals surface area contributed by atoms with Gasteiger partial charge in [0.2, 0.25) is 5.82 Å². The van der Waals surface area contributed by atoms with Gasteiger partial charge >= 0.3 is 11.8 Å². The number of carboxylic acid groups (broad SMARTS) is 1. The van der Waals surface area contributed by atoms with Crippen LogP contribution in [0, 0.1) is 15.9 Å². The van der Waals surface area contributed by atoms with Crippen LogP contribution in [0.3, 0.4) is 0 Å². The summed E-state index contributed by atoms with van der Waals surface area (Å²) >= 11 is 0. The van der Waals surface area contributed by atoms with Gasteiger partial charge in [-0.1, -0.05) is 0 Å². The Morgan fingerprint density at radius 1 is 1.45 bits per heavy atom. The van der Waals surface area contributed by atoms with Crippen molar-refractivity contribution in [3.8, 4) is 5.75 Å². The van der Waals surface area contributed by atoms with Gasteiger partial charge in [-0.2, -0.15) is 4.39 Å². The molecule has 8 heteroatoms. The molecule has 0 saturated carbocycles. The molecule has 1 aliphatic rings. The van der Waals surface area contributed by atoms with Gasteiger partial charge in [-0.05, 0) is 6.07 Å². The lowest BCUT2D eigenvalue weighted by atomic mass is 10.1. The van der Waals surface area contributed by atoms with Crippen LogP contribution < -0.4 is 4.74 Å². The Kier molecular flexibility index (Phi) is 4.02. The summed E-state index contributed by atoms with van der Waals surface area (Å²) in [6, 6.07) is 3.36. The molecule has 0 aliphatic carbocycles. The van der Waals surface area contributed by atoms with Crippen LogP contribution in [0.15, 0.2) is 18.2 Å². The highest BCUT2D eigenvalue weighted by Gasteiger charge is 2.24.